The Morgan fingerprint density at radius 1 is 0.960 bits per heavy atom. The number of nitrogens with one attached hydrogen (secondary N) is 1. The van der Waals surface area contributed by atoms with Gasteiger partial charge < -0.3 is 11.1 Å². The highest BCUT2D eigenvalue weighted by Crippen LogP contribution is 2.32. The number of nitrogens with two attached hydrogens (primary N) is 1. The van der Waals surface area contributed by atoms with Crippen LogP contribution in [0.5, 0.6) is 0 Å². The summed E-state index contributed by atoms with van der Waals surface area (Å²) in [5.41, 5.74) is 6.81. The van der Waals surface area contributed by atoms with E-state index in [2.05, 4.69) is 5.32 Å². The molecule has 1 saturated carbocycles. The number of hydrogen-bond acceptors (Lipinski definition) is 4. The summed E-state index contributed by atoms with van der Waals surface area (Å²) in [5, 5.41) is 2.26. The molecule has 0 aromatic heterocycles. The molecule has 5 nitrogen and oxygen atoms in total. The van der Waals surface area contributed by atoms with Gasteiger partial charge in [-0.2, -0.15) is 0 Å². The van der Waals surface area contributed by atoms with Gasteiger partial charge in [0.1, 0.15) is 0 Å². The molecule has 3 rings (SSSR count). The van der Waals surface area contributed by atoms with E-state index in [1.807, 2.05) is 18.2 Å². The molecule has 1 amide bonds. The zero-order valence-corrected chi connectivity index (χ0v) is 14.7. The lowest BCUT2D eigenvalue weighted by molar-refractivity contribution is -0.121. The van der Waals surface area contributed by atoms with Gasteiger partial charge in [-0.1, -0.05) is 36.4 Å². The molecular formula is C19H22N2O3S. The summed E-state index contributed by atoms with van der Waals surface area (Å²) in [6.07, 6.45) is 1.24. The zero-order chi connectivity index (χ0) is 17.9. The molecular weight excluding hydrogens is 336 g/mol. The van der Waals surface area contributed by atoms with Gasteiger partial charge in [0.2, 0.25) is 5.91 Å². The van der Waals surface area contributed by atoms with Crippen LogP contribution in [0.3, 0.4) is 0 Å². The molecule has 1 aliphatic rings. The van der Waals surface area contributed by atoms with Crippen LogP contribution in [0.15, 0.2) is 65.6 Å². The number of anilines is 1. The Hall–Kier alpha value is -2.18. The van der Waals surface area contributed by atoms with Crippen molar-refractivity contribution in [2.75, 3.05) is 5.32 Å². The molecule has 3 atom stereocenters. The minimum Gasteiger partial charge on any atom is -0.327 e. The first kappa shape index (κ1) is 17.6. The number of carbonyl (C=O) groups is 1. The number of carbonyl (C=O) groups excluding carboxylic acids is 1. The maximum atomic E-state index is 12.8. The molecule has 3 unspecified atom stereocenters. The summed E-state index contributed by atoms with van der Waals surface area (Å²) in [5.74, 6) is -0.732. The standard InChI is InChI=1S/C19H22N2O3S/c20-18-12-11-16(25(23,24)15-9-5-2-6-10-15)13-17(18)19(22)21-14-7-3-1-4-8-14/h1-10,16-18H,11-13,20H2,(H,21,22). The third-order valence-electron chi connectivity index (χ3n) is 4.74. The second-order valence-electron chi connectivity index (χ2n) is 6.42. The van der Waals surface area contributed by atoms with E-state index in [1.165, 1.54) is 0 Å². The molecule has 0 saturated heterocycles. The molecule has 1 aliphatic carbocycles. The molecule has 0 spiro atoms. The Labute approximate surface area is 148 Å². The van der Waals surface area contributed by atoms with Gasteiger partial charge in [0.05, 0.1) is 16.1 Å². The van der Waals surface area contributed by atoms with Crippen molar-refractivity contribution in [2.45, 2.75) is 35.4 Å². The molecule has 25 heavy (non-hydrogen) atoms. The SMILES string of the molecule is NC1CCC(S(=O)(=O)c2ccccc2)CC1C(=O)Nc1ccccc1. The highest BCUT2D eigenvalue weighted by Gasteiger charge is 2.39. The molecule has 0 heterocycles. The van der Waals surface area contributed by atoms with Gasteiger partial charge in [0.15, 0.2) is 9.84 Å². The monoisotopic (exact) mass is 358 g/mol. The van der Waals surface area contributed by atoms with Crippen molar-refractivity contribution in [1.82, 2.24) is 0 Å². The predicted octanol–water partition coefficient (Wildman–Crippen LogP) is 2.60. The summed E-state index contributed by atoms with van der Waals surface area (Å²) in [6.45, 7) is 0. The van der Waals surface area contributed by atoms with Crippen LogP contribution in [0.25, 0.3) is 0 Å². The van der Waals surface area contributed by atoms with E-state index in [9.17, 15) is 13.2 Å². The minimum absolute atomic E-state index is 0.216. The van der Waals surface area contributed by atoms with Crippen LogP contribution in [0.4, 0.5) is 5.69 Å². The van der Waals surface area contributed by atoms with Gasteiger partial charge in [-0.05, 0) is 43.5 Å². The number of rotatable bonds is 4. The van der Waals surface area contributed by atoms with Crippen molar-refractivity contribution in [1.29, 1.82) is 0 Å². The summed E-state index contributed by atoms with van der Waals surface area (Å²) in [4.78, 5) is 12.9. The van der Waals surface area contributed by atoms with Crippen molar-refractivity contribution < 1.29 is 13.2 Å². The largest absolute Gasteiger partial charge is 0.327 e. The van der Waals surface area contributed by atoms with E-state index in [-0.39, 0.29) is 18.4 Å². The van der Waals surface area contributed by atoms with Crippen LogP contribution in [0.1, 0.15) is 19.3 Å². The molecule has 132 valence electrons. The van der Waals surface area contributed by atoms with Crippen LogP contribution >= 0.6 is 0 Å². The van der Waals surface area contributed by atoms with E-state index in [0.29, 0.717) is 23.4 Å². The maximum Gasteiger partial charge on any atom is 0.229 e. The molecule has 3 N–H and O–H groups in total. The summed E-state index contributed by atoms with van der Waals surface area (Å²) in [6, 6.07) is 17.2. The van der Waals surface area contributed by atoms with Crippen molar-refractivity contribution in [2.24, 2.45) is 11.7 Å². The summed E-state index contributed by atoms with van der Waals surface area (Å²) in [7, 11) is -3.46. The maximum absolute atomic E-state index is 12.8. The molecule has 1 fully saturated rings. The van der Waals surface area contributed by atoms with Gasteiger partial charge in [-0.3, -0.25) is 4.79 Å². The fourth-order valence-corrected chi connectivity index (χ4v) is 5.13. The summed E-state index contributed by atoms with van der Waals surface area (Å²) < 4.78 is 25.7. The van der Waals surface area contributed by atoms with Crippen LogP contribution in [-0.4, -0.2) is 25.6 Å². The molecule has 2 aromatic carbocycles. The lowest BCUT2D eigenvalue weighted by atomic mass is 9.84. The van der Waals surface area contributed by atoms with Gasteiger partial charge in [-0.25, -0.2) is 8.42 Å². The normalized spacial score (nSPS) is 23.8. The Morgan fingerprint density at radius 3 is 2.20 bits per heavy atom. The quantitative estimate of drug-likeness (QED) is 0.879. The van der Waals surface area contributed by atoms with Crippen LogP contribution in [0, 0.1) is 5.92 Å². The number of amides is 1. The fraction of sp³-hybridized carbons (Fsp3) is 0.316. The van der Waals surface area contributed by atoms with Gasteiger partial charge in [-0.15, -0.1) is 0 Å². The van der Waals surface area contributed by atoms with Crippen LogP contribution in [-0.2, 0) is 14.6 Å². The first-order valence-electron chi connectivity index (χ1n) is 8.39. The third-order valence-corrected chi connectivity index (χ3v) is 6.98. The molecule has 0 radical (unpaired) electrons. The molecule has 0 aliphatic heterocycles. The average Bonchev–Trinajstić information content (AvgIpc) is 2.63. The number of sulfone groups is 1. The number of hydrogen-bond donors (Lipinski definition) is 2. The Kier molecular flexibility index (Phi) is 5.20. The molecule has 0 bridgehead atoms. The lowest BCUT2D eigenvalue weighted by Crippen LogP contribution is -2.46. The second-order valence-corrected chi connectivity index (χ2v) is 8.65. The third kappa shape index (κ3) is 3.91. The summed E-state index contributed by atoms with van der Waals surface area (Å²) >= 11 is 0. The predicted molar refractivity (Wildman–Crippen MR) is 97.8 cm³/mol. The fourth-order valence-electron chi connectivity index (χ4n) is 3.30. The zero-order valence-electron chi connectivity index (χ0n) is 13.8. The number of benzene rings is 2. The van der Waals surface area contributed by atoms with Gasteiger partial charge >= 0.3 is 0 Å². The highest BCUT2D eigenvalue weighted by atomic mass is 32.2. The van der Waals surface area contributed by atoms with Crippen LogP contribution < -0.4 is 11.1 Å². The lowest BCUT2D eigenvalue weighted by Gasteiger charge is -2.33. The highest BCUT2D eigenvalue weighted by molar-refractivity contribution is 7.92. The molecule has 6 heteroatoms. The average molecular weight is 358 g/mol. The number of para-hydroxylation sites is 1. The van der Waals surface area contributed by atoms with Crippen molar-refractivity contribution in [3.05, 3.63) is 60.7 Å². The second kappa shape index (κ2) is 7.37. The van der Waals surface area contributed by atoms with Gasteiger partial charge in [0, 0.05) is 11.7 Å². The first-order chi connectivity index (χ1) is 12.0. The Bertz CT molecular complexity index is 822. The van der Waals surface area contributed by atoms with Crippen molar-refractivity contribution >= 4 is 21.4 Å². The topological polar surface area (TPSA) is 89.3 Å². The van der Waals surface area contributed by atoms with Gasteiger partial charge in [0.25, 0.3) is 0 Å². The van der Waals surface area contributed by atoms with Crippen molar-refractivity contribution in [3.63, 3.8) is 0 Å². The van der Waals surface area contributed by atoms with E-state index in [1.54, 1.807) is 42.5 Å². The Morgan fingerprint density at radius 2 is 1.56 bits per heavy atom. The van der Waals surface area contributed by atoms with Crippen molar-refractivity contribution in [3.8, 4) is 0 Å². The van der Waals surface area contributed by atoms with E-state index < -0.39 is 21.0 Å². The van der Waals surface area contributed by atoms with Crippen LogP contribution in [0.2, 0.25) is 0 Å². The smallest absolute Gasteiger partial charge is 0.229 e. The molecule has 2 aromatic rings. The Balaban J connectivity index is 1.76. The first-order valence-corrected chi connectivity index (χ1v) is 9.93. The van der Waals surface area contributed by atoms with E-state index in [4.69, 9.17) is 5.73 Å². The minimum atomic E-state index is -3.46. The van der Waals surface area contributed by atoms with E-state index in [0.717, 1.165) is 0 Å². The van der Waals surface area contributed by atoms with E-state index >= 15 is 0 Å².